The van der Waals surface area contributed by atoms with Crippen molar-refractivity contribution in [3.8, 4) is 0 Å². The molecule has 0 aromatic carbocycles. The summed E-state index contributed by atoms with van der Waals surface area (Å²) >= 11 is 0. The van der Waals surface area contributed by atoms with Gasteiger partial charge in [-0.1, -0.05) is 0 Å². The Morgan fingerprint density at radius 2 is 2.29 bits per heavy atom. The summed E-state index contributed by atoms with van der Waals surface area (Å²) in [6.45, 7) is 4.50. The summed E-state index contributed by atoms with van der Waals surface area (Å²) in [4.78, 5) is 18.6. The third-order valence-corrected chi connectivity index (χ3v) is 4.89. The lowest BCUT2D eigenvalue weighted by atomic mass is 10.1. The molecule has 1 saturated carbocycles. The van der Waals surface area contributed by atoms with Crippen molar-refractivity contribution in [1.82, 2.24) is 15.2 Å². The van der Waals surface area contributed by atoms with E-state index in [-0.39, 0.29) is 11.9 Å². The lowest BCUT2D eigenvalue weighted by Gasteiger charge is -2.35. The van der Waals surface area contributed by atoms with Crippen LogP contribution in [-0.4, -0.2) is 53.7 Å². The number of hydrogen-bond donors (Lipinski definition) is 1. The van der Waals surface area contributed by atoms with Crippen LogP contribution in [0, 0.1) is 12.8 Å². The Morgan fingerprint density at radius 1 is 1.43 bits per heavy atom. The van der Waals surface area contributed by atoms with Gasteiger partial charge in [0.25, 0.3) is 5.91 Å². The van der Waals surface area contributed by atoms with Gasteiger partial charge < -0.3 is 14.5 Å². The summed E-state index contributed by atoms with van der Waals surface area (Å²) in [6.07, 6.45) is 5.31. The Balaban J connectivity index is 1.36. The fourth-order valence-electron chi connectivity index (χ4n) is 3.53. The lowest BCUT2D eigenvalue weighted by molar-refractivity contribution is -0.0581. The zero-order valence-electron chi connectivity index (χ0n) is 12.2. The monoisotopic (exact) mass is 291 g/mol. The maximum Gasteiger partial charge on any atom is 0.273 e. The van der Waals surface area contributed by atoms with Crippen molar-refractivity contribution in [3.05, 3.63) is 17.8 Å². The molecule has 6 heteroatoms. The molecule has 1 aromatic heterocycles. The van der Waals surface area contributed by atoms with Gasteiger partial charge in [0.1, 0.15) is 5.76 Å². The molecular formula is C15H21N3O3. The van der Waals surface area contributed by atoms with Gasteiger partial charge in [-0.05, 0) is 32.1 Å². The number of carbonyl (C=O) groups is 1. The molecule has 1 aliphatic carbocycles. The van der Waals surface area contributed by atoms with Crippen molar-refractivity contribution in [2.24, 2.45) is 5.92 Å². The van der Waals surface area contributed by atoms with Gasteiger partial charge in [0.2, 0.25) is 0 Å². The fraction of sp³-hybridized carbons (Fsp3) is 0.733. The third kappa shape index (κ3) is 2.58. The van der Waals surface area contributed by atoms with Crippen molar-refractivity contribution in [3.63, 3.8) is 0 Å². The van der Waals surface area contributed by atoms with E-state index >= 15 is 0 Å². The van der Waals surface area contributed by atoms with E-state index < -0.39 is 0 Å². The Bertz CT molecular complexity index is 540. The fourth-order valence-corrected chi connectivity index (χ4v) is 3.53. The zero-order valence-corrected chi connectivity index (χ0v) is 12.2. The molecule has 0 spiro atoms. The highest BCUT2D eigenvalue weighted by atomic mass is 16.5. The maximum absolute atomic E-state index is 12.2. The number of aromatic nitrogens is 1. The average Bonchev–Trinajstić information content (AvgIpc) is 3.10. The number of oxazole rings is 1. The second kappa shape index (κ2) is 5.10. The van der Waals surface area contributed by atoms with Crippen LogP contribution in [0.25, 0.3) is 0 Å². The number of ether oxygens (including phenoxy) is 1. The van der Waals surface area contributed by atoms with Crippen molar-refractivity contribution in [2.45, 2.75) is 44.4 Å². The number of nitrogens with zero attached hydrogens (tertiary/aromatic N) is 2. The third-order valence-electron chi connectivity index (χ3n) is 4.89. The summed E-state index contributed by atoms with van der Waals surface area (Å²) in [5.74, 6) is 1.21. The molecule has 0 bridgehead atoms. The maximum atomic E-state index is 12.2. The second-order valence-electron chi connectivity index (χ2n) is 6.48. The zero-order chi connectivity index (χ0) is 14.4. The highest BCUT2D eigenvalue weighted by molar-refractivity contribution is 5.93. The van der Waals surface area contributed by atoms with E-state index in [1.54, 1.807) is 6.92 Å². The van der Waals surface area contributed by atoms with Gasteiger partial charge in [0.05, 0.1) is 12.7 Å². The van der Waals surface area contributed by atoms with Crippen LogP contribution in [0.5, 0.6) is 0 Å². The molecule has 0 unspecified atom stereocenters. The van der Waals surface area contributed by atoms with Crippen molar-refractivity contribution < 1.29 is 13.9 Å². The minimum absolute atomic E-state index is 0.134. The van der Waals surface area contributed by atoms with Crippen molar-refractivity contribution >= 4 is 5.91 Å². The Morgan fingerprint density at radius 3 is 3.00 bits per heavy atom. The molecular weight excluding hydrogens is 270 g/mol. The number of hydrogen-bond acceptors (Lipinski definition) is 5. The summed E-state index contributed by atoms with van der Waals surface area (Å²) in [5, 5.41) is 3.08. The number of carbonyl (C=O) groups excluding carboxylic acids is 1. The summed E-state index contributed by atoms with van der Waals surface area (Å²) in [7, 11) is 0. The van der Waals surface area contributed by atoms with Gasteiger partial charge in [-0.2, -0.15) is 0 Å². The van der Waals surface area contributed by atoms with E-state index in [2.05, 4.69) is 15.2 Å². The number of fused-ring (bicyclic) bond motifs is 1. The summed E-state index contributed by atoms with van der Waals surface area (Å²) in [5.41, 5.74) is 0.395. The van der Waals surface area contributed by atoms with Crippen LogP contribution in [0.1, 0.15) is 35.5 Å². The van der Waals surface area contributed by atoms with Crippen LogP contribution < -0.4 is 5.32 Å². The summed E-state index contributed by atoms with van der Waals surface area (Å²) < 4.78 is 11.1. The SMILES string of the molecule is Cc1ocnc1C(=O)N[C@H]1C[C@H]2CO[C@@H](C3CC3)CN2C1. The van der Waals surface area contributed by atoms with Gasteiger partial charge in [-0.15, -0.1) is 0 Å². The lowest BCUT2D eigenvalue weighted by Crippen LogP contribution is -2.47. The molecule has 0 radical (unpaired) electrons. The standard InChI is InChI=1S/C15H21N3O3/c1-9-14(16-8-21-9)15(19)17-11-4-12-7-20-13(10-2-3-10)6-18(12)5-11/h8,10-13H,2-7H2,1H3,(H,17,19)/t11-,12-,13+/m0/s1. The van der Waals surface area contributed by atoms with Crippen LogP contribution in [0.15, 0.2) is 10.8 Å². The van der Waals surface area contributed by atoms with Gasteiger partial charge in [0, 0.05) is 25.2 Å². The van der Waals surface area contributed by atoms with Gasteiger partial charge in [-0.25, -0.2) is 4.98 Å². The molecule has 3 heterocycles. The molecule has 1 aromatic rings. The van der Waals surface area contributed by atoms with E-state index in [1.165, 1.54) is 19.2 Å². The summed E-state index contributed by atoms with van der Waals surface area (Å²) in [6, 6.07) is 0.629. The van der Waals surface area contributed by atoms with E-state index in [1.807, 2.05) is 0 Å². The minimum atomic E-state index is -0.134. The number of morpholine rings is 1. The molecule has 2 saturated heterocycles. The van der Waals surface area contributed by atoms with Crippen LogP contribution >= 0.6 is 0 Å². The average molecular weight is 291 g/mol. The topological polar surface area (TPSA) is 67.6 Å². The van der Waals surface area contributed by atoms with Gasteiger partial charge in [-0.3, -0.25) is 9.69 Å². The first-order valence-electron chi connectivity index (χ1n) is 7.77. The molecule has 2 aliphatic heterocycles. The number of amides is 1. The van der Waals surface area contributed by atoms with Crippen molar-refractivity contribution in [2.75, 3.05) is 19.7 Å². The first-order chi connectivity index (χ1) is 10.2. The number of rotatable bonds is 3. The first kappa shape index (κ1) is 13.3. The van der Waals surface area contributed by atoms with Crippen LogP contribution in [0.4, 0.5) is 0 Å². The second-order valence-corrected chi connectivity index (χ2v) is 6.48. The molecule has 6 nitrogen and oxygen atoms in total. The molecule has 3 atom stereocenters. The van der Waals surface area contributed by atoms with E-state index in [0.29, 0.717) is 23.6 Å². The van der Waals surface area contributed by atoms with Crippen LogP contribution in [0.3, 0.4) is 0 Å². The Hall–Kier alpha value is -1.40. The first-order valence-corrected chi connectivity index (χ1v) is 7.77. The Kier molecular flexibility index (Phi) is 3.23. The van der Waals surface area contributed by atoms with E-state index in [0.717, 1.165) is 32.0 Å². The van der Waals surface area contributed by atoms with E-state index in [9.17, 15) is 4.79 Å². The van der Waals surface area contributed by atoms with Gasteiger partial charge >= 0.3 is 0 Å². The Labute approximate surface area is 123 Å². The van der Waals surface area contributed by atoms with Crippen LogP contribution in [-0.2, 0) is 4.74 Å². The number of aryl methyl sites for hydroxylation is 1. The molecule has 1 N–H and O–H groups in total. The predicted octanol–water partition coefficient (Wildman–Crippen LogP) is 0.965. The van der Waals surface area contributed by atoms with Crippen LogP contribution in [0.2, 0.25) is 0 Å². The quantitative estimate of drug-likeness (QED) is 0.898. The largest absolute Gasteiger partial charge is 0.448 e. The molecule has 3 aliphatic rings. The predicted molar refractivity (Wildman–Crippen MR) is 74.9 cm³/mol. The highest BCUT2D eigenvalue weighted by Crippen LogP contribution is 2.37. The molecule has 1 amide bonds. The highest BCUT2D eigenvalue weighted by Gasteiger charge is 2.42. The number of nitrogens with one attached hydrogen (secondary N) is 1. The smallest absolute Gasteiger partial charge is 0.273 e. The van der Waals surface area contributed by atoms with E-state index in [4.69, 9.17) is 9.15 Å². The molecule has 3 fully saturated rings. The molecule has 114 valence electrons. The molecule has 21 heavy (non-hydrogen) atoms. The minimum Gasteiger partial charge on any atom is -0.448 e. The normalized spacial score (nSPS) is 32.9. The molecule has 4 rings (SSSR count). The van der Waals surface area contributed by atoms with Crippen molar-refractivity contribution in [1.29, 1.82) is 0 Å². The van der Waals surface area contributed by atoms with Gasteiger partial charge in [0.15, 0.2) is 12.1 Å².